The molecule has 0 aliphatic rings. The molecule has 0 aliphatic heterocycles. The molecule has 2 aromatic carbocycles. The molecule has 1 heterocycles. The van der Waals surface area contributed by atoms with E-state index in [9.17, 15) is 0 Å². The van der Waals surface area contributed by atoms with E-state index in [4.69, 9.17) is 26.6 Å². The number of aromatic nitrogens is 1. The van der Waals surface area contributed by atoms with Crippen molar-refractivity contribution in [2.75, 3.05) is 0 Å². The van der Waals surface area contributed by atoms with Crippen LogP contribution < -0.4 is 37.2 Å². The van der Waals surface area contributed by atoms with Crippen LogP contribution >= 0.6 is 11.6 Å². The zero-order valence-electron chi connectivity index (χ0n) is 29.6. The average molecular weight is 766 g/mol. The van der Waals surface area contributed by atoms with Crippen LogP contribution in [0.5, 0.6) is 0 Å². The maximum atomic E-state index is 6.73. The van der Waals surface area contributed by atoms with Gasteiger partial charge < -0.3 is 37.2 Å². The fourth-order valence-corrected chi connectivity index (χ4v) is 5.91. The predicted molar refractivity (Wildman–Crippen MR) is 190 cm³/mol. The van der Waals surface area contributed by atoms with Gasteiger partial charge in [-0.3, -0.25) is 9.98 Å². The summed E-state index contributed by atoms with van der Waals surface area (Å²) in [5, 5.41) is 0.659. The van der Waals surface area contributed by atoms with E-state index in [0.29, 0.717) is 5.02 Å². The van der Waals surface area contributed by atoms with Gasteiger partial charge in [0.15, 0.2) is 0 Å². The summed E-state index contributed by atoms with van der Waals surface area (Å²) in [4.78, 5) is 15.6. The average Bonchev–Trinajstić information content (AvgIpc) is 2.98. The van der Waals surface area contributed by atoms with E-state index >= 15 is 0 Å². The quantitative estimate of drug-likeness (QED) is 0.207. The summed E-state index contributed by atoms with van der Waals surface area (Å²) in [6, 6.07) is 13.1. The second-order valence-electron chi connectivity index (χ2n) is 12.2. The molecule has 0 radical (unpaired) electrons. The first-order valence-electron chi connectivity index (χ1n) is 16.7. The van der Waals surface area contributed by atoms with Crippen LogP contribution in [0, 0.1) is 13.8 Å². The van der Waals surface area contributed by atoms with Crippen molar-refractivity contribution in [1.82, 2.24) is 4.98 Å². The molecule has 262 valence electrons. The minimum absolute atomic E-state index is 0. The Balaban J connectivity index is 0. The van der Waals surface area contributed by atoms with Crippen molar-refractivity contribution < 1.29 is 54.0 Å². The van der Waals surface area contributed by atoms with E-state index in [2.05, 4.69) is 79.7 Å². The molecule has 0 atom stereocenters. The van der Waals surface area contributed by atoms with Gasteiger partial charge in [-0.2, -0.15) is 0 Å². The van der Waals surface area contributed by atoms with Crippen molar-refractivity contribution in [3.63, 3.8) is 0 Å². The molecule has 0 saturated carbocycles. The normalized spacial score (nSPS) is 11.3. The second kappa shape index (κ2) is 24.7. The first kappa shape index (κ1) is 47.7. The molecule has 0 aliphatic carbocycles. The molecule has 0 fully saturated rings. The van der Waals surface area contributed by atoms with Gasteiger partial charge >= 0.3 is 16.8 Å². The van der Waals surface area contributed by atoms with E-state index in [1.165, 1.54) is 59.1 Å². The number of benzene rings is 2. The zero-order valence-corrected chi connectivity index (χ0v) is 33.7. The Labute approximate surface area is 320 Å². The Morgan fingerprint density at radius 3 is 1.09 bits per heavy atom. The number of nitrogens with zero attached hydrogens (tertiary/aromatic N) is 3. The Morgan fingerprint density at radius 2 is 0.830 bits per heavy atom. The number of rotatable bonds is 16. The summed E-state index contributed by atoms with van der Waals surface area (Å²) in [5.41, 5.74) is 13.6. The van der Waals surface area contributed by atoms with Gasteiger partial charge in [0, 0.05) is 5.02 Å². The third-order valence-electron chi connectivity index (χ3n) is 8.11. The number of aryl methyl sites for hydroxylation is 6. The predicted octanol–water partition coefficient (Wildman–Crippen LogP) is 3.01. The molecule has 0 saturated heterocycles. The van der Waals surface area contributed by atoms with Crippen molar-refractivity contribution in [3.05, 3.63) is 86.2 Å². The smallest absolute Gasteiger partial charge is 1.00 e. The van der Waals surface area contributed by atoms with Crippen LogP contribution in [0.3, 0.4) is 0 Å². The maximum Gasteiger partial charge on any atom is 3.00 e. The molecule has 3 aromatic rings. The van der Waals surface area contributed by atoms with Gasteiger partial charge in [0.1, 0.15) is 0 Å². The van der Waals surface area contributed by atoms with Crippen LogP contribution in [0.25, 0.3) is 0 Å². The molecule has 47 heavy (non-hydrogen) atoms. The number of halogens is 4. The van der Waals surface area contributed by atoms with E-state index in [1.54, 1.807) is 0 Å². The topological polar surface area (TPSA) is 37.6 Å². The summed E-state index contributed by atoms with van der Waals surface area (Å²) >= 11 is 6.73. The molecule has 1 aromatic heterocycles. The zero-order chi connectivity index (χ0) is 31.4. The number of hydrogen-bond donors (Lipinski definition) is 0. The first-order chi connectivity index (χ1) is 20.7. The summed E-state index contributed by atoms with van der Waals surface area (Å²) in [7, 11) is 0. The summed E-state index contributed by atoms with van der Waals surface area (Å²) < 4.78 is 0. The molecule has 0 unspecified atom stereocenters. The van der Waals surface area contributed by atoms with Crippen molar-refractivity contribution in [3.8, 4) is 0 Å². The van der Waals surface area contributed by atoms with Crippen LogP contribution in [-0.4, -0.2) is 16.4 Å². The summed E-state index contributed by atoms with van der Waals surface area (Å²) in [6.07, 6.45) is 13.5. The van der Waals surface area contributed by atoms with Gasteiger partial charge in [0.2, 0.25) is 0 Å². The van der Waals surface area contributed by atoms with Crippen molar-refractivity contribution >= 4 is 34.4 Å². The Morgan fingerprint density at radius 1 is 0.553 bits per heavy atom. The minimum Gasteiger partial charge on any atom is -1.00 e. The van der Waals surface area contributed by atoms with E-state index in [1.807, 2.05) is 12.1 Å². The van der Waals surface area contributed by atoms with Gasteiger partial charge in [0.25, 0.3) is 0 Å². The molecule has 3 nitrogen and oxygen atoms in total. The molecule has 3 rings (SSSR count). The molecule has 0 spiro atoms. The number of aliphatic imine (C=N–C) groups is 2. The molecule has 0 amide bonds. The van der Waals surface area contributed by atoms with E-state index in [0.717, 1.165) is 85.6 Å². The summed E-state index contributed by atoms with van der Waals surface area (Å²) in [6.45, 7) is 17.5. The number of pyridine rings is 1. The molecular formula is C39H54Cl4CoN3. The van der Waals surface area contributed by atoms with Crippen molar-refractivity contribution in [2.45, 2.75) is 132 Å². The molecular weight excluding hydrogens is 711 g/mol. The first-order valence-corrected chi connectivity index (χ1v) is 17.1. The maximum absolute atomic E-state index is 6.73. The van der Waals surface area contributed by atoms with Crippen molar-refractivity contribution in [1.29, 1.82) is 0 Å². The van der Waals surface area contributed by atoms with E-state index in [-0.39, 0.29) is 54.0 Å². The van der Waals surface area contributed by atoms with Gasteiger partial charge in [-0.05, 0) is 113 Å². The standard InChI is InChI=1S/C39H54ClN3.3ClH.Co/c1-9-13-17-31-21-27(5)22-32(18-14-10-2)38(31)41-29(7)36-25-35(40)26-37(43-36)30(8)42-39-33(19-15-11-3)23-28(6)24-34(39)20-16-12-4;;;;/h21-26H,9-20H2,1-8H3;3*1H;/q;;;;+3/p-3. The van der Waals surface area contributed by atoms with Crippen LogP contribution in [0.4, 0.5) is 11.4 Å². The third kappa shape index (κ3) is 14.5. The molecule has 0 N–H and O–H groups in total. The SMILES string of the molecule is CCCCc1cc(C)cc(CCCC)c1N=C(C)c1cc(Cl)cc(C(C)=Nc2c(CCCC)cc(C)cc2CCCC)n1.[Cl-].[Cl-].[Cl-].[Co+3]. The Kier molecular flexibility index (Phi) is 25.1. The second-order valence-corrected chi connectivity index (χ2v) is 12.7. The van der Waals surface area contributed by atoms with Crippen molar-refractivity contribution in [2.24, 2.45) is 9.98 Å². The minimum atomic E-state index is 0. The van der Waals surface area contributed by atoms with Crippen LogP contribution in [0.15, 0.2) is 46.4 Å². The van der Waals surface area contributed by atoms with Gasteiger partial charge in [-0.1, -0.05) is 100 Å². The van der Waals surface area contributed by atoms with Crippen LogP contribution in [-0.2, 0) is 42.5 Å². The van der Waals surface area contributed by atoms with Gasteiger partial charge in [-0.25, -0.2) is 4.98 Å². The molecule has 8 heteroatoms. The largest absolute Gasteiger partial charge is 3.00 e. The Bertz CT molecular complexity index is 1270. The number of hydrogen-bond acceptors (Lipinski definition) is 3. The number of unbranched alkanes of at least 4 members (excludes halogenated alkanes) is 4. The summed E-state index contributed by atoms with van der Waals surface area (Å²) in [5.74, 6) is 0. The van der Waals surface area contributed by atoms with E-state index < -0.39 is 0 Å². The fraction of sp³-hybridized carbons (Fsp3) is 0.513. The van der Waals surface area contributed by atoms with Gasteiger partial charge in [0.05, 0.1) is 34.2 Å². The van der Waals surface area contributed by atoms with Crippen LogP contribution in [0.2, 0.25) is 5.02 Å². The Hall–Kier alpha value is -1.40. The molecule has 0 bridgehead atoms. The monoisotopic (exact) mass is 763 g/mol. The third-order valence-corrected chi connectivity index (χ3v) is 8.33. The van der Waals surface area contributed by atoms with Crippen LogP contribution in [0.1, 0.15) is 138 Å². The fourth-order valence-electron chi connectivity index (χ4n) is 5.70. The van der Waals surface area contributed by atoms with Gasteiger partial charge in [-0.15, -0.1) is 0 Å².